The highest BCUT2D eigenvalue weighted by Gasteiger charge is 2.10. The van der Waals surface area contributed by atoms with Crippen LogP contribution in [0.15, 0.2) is 23.2 Å². The Hall–Kier alpha value is -0.490. The molecule has 0 fully saturated rings. The van der Waals surface area contributed by atoms with Gasteiger partial charge in [-0.1, -0.05) is 23.7 Å². The van der Waals surface area contributed by atoms with E-state index >= 15 is 0 Å². The fourth-order valence-electron chi connectivity index (χ4n) is 1.90. The summed E-state index contributed by atoms with van der Waals surface area (Å²) in [6.45, 7) is 4.86. The molecule has 0 amide bonds. The van der Waals surface area contributed by atoms with Crippen LogP contribution in [0.3, 0.4) is 0 Å². The summed E-state index contributed by atoms with van der Waals surface area (Å²) in [5.74, 6) is 1.01. The first-order valence-corrected chi connectivity index (χ1v) is 6.29. The quantitative estimate of drug-likeness (QED) is 0.818. The van der Waals surface area contributed by atoms with Gasteiger partial charge in [-0.25, -0.2) is 0 Å². The Morgan fingerprint density at radius 1 is 1.44 bits per heavy atom. The smallest absolute Gasteiger partial charge is 0.193 e. The Balaban J connectivity index is 0.00000162. The van der Waals surface area contributed by atoms with Crippen molar-refractivity contribution < 1.29 is 0 Å². The third-order valence-electron chi connectivity index (χ3n) is 2.98. The summed E-state index contributed by atoms with van der Waals surface area (Å²) in [6.07, 6.45) is 0.991. The van der Waals surface area contributed by atoms with Crippen LogP contribution in [0.4, 0.5) is 0 Å². The number of benzene rings is 1. The van der Waals surface area contributed by atoms with Crippen LogP contribution in [0.25, 0.3) is 0 Å². The summed E-state index contributed by atoms with van der Waals surface area (Å²) in [6, 6.07) is 6.19. The molecule has 1 heterocycles. The minimum atomic E-state index is 0. The van der Waals surface area contributed by atoms with Crippen molar-refractivity contribution in [2.24, 2.45) is 4.99 Å². The number of hydrogen-bond donors (Lipinski definition) is 1. The Labute approximate surface area is 131 Å². The van der Waals surface area contributed by atoms with Gasteiger partial charge in [-0.15, -0.1) is 24.0 Å². The maximum atomic E-state index is 6.00. The van der Waals surface area contributed by atoms with Gasteiger partial charge in [-0.3, -0.25) is 4.99 Å². The van der Waals surface area contributed by atoms with Crippen LogP contribution in [-0.4, -0.2) is 37.5 Å². The number of aliphatic imine (C=N–C) groups is 1. The van der Waals surface area contributed by atoms with Crippen molar-refractivity contribution in [2.75, 3.05) is 26.7 Å². The van der Waals surface area contributed by atoms with Crippen LogP contribution in [-0.2, 0) is 6.42 Å². The molecule has 3 nitrogen and oxygen atoms in total. The van der Waals surface area contributed by atoms with Gasteiger partial charge < -0.3 is 10.2 Å². The summed E-state index contributed by atoms with van der Waals surface area (Å²) in [5.41, 5.74) is 2.44. The van der Waals surface area contributed by atoms with Crippen molar-refractivity contribution in [3.63, 3.8) is 0 Å². The van der Waals surface area contributed by atoms with Crippen molar-refractivity contribution in [1.82, 2.24) is 10.2 Å². The highest BCUT2D eigenvalue weighted by Crippen LogP contribution is 2.16. The number of nitrogens with one attached hydrogen (secondary N) is 1. The van der Waals surface area contributed by atoms with Gasteiger partial charge in [0.05, 0.1) is 6.54 Å². The van der Waals surface area contributed by atoms with Gasteiger partial charge in [0.15, 0.2) is 5.96 Å². The van der Waals surface area contributed by atoms with E-state index in [0.29, 0.717) is 0 Å². The van der Waals surface area contributed by atoms with E-state index in [1.807, 2.05) is 13.0 Å². The standard InChI is InChI=1S/C13H18ClN3.HI/c1-10-9-11(3-4-12(10)14)5-6-15-13-16-7-8-17(13)2;/h3-4,9H,5-8H2,1-2H3,(H,15,16);1H. The number of aryl methyl sites for hydroxylation is 1. The van der Waals surface area contributed by atoms with Crippen molar-refractivity contribution in [1.29, 1.82) is 0 Å². The molecule has 0 saturated carbocycles. The average molecular weight is 380 g/mol. The van der Waals surface area contributed by atoms with E-state index in [1.54, 1.807) is 0 Å². The van der Waals surface area contributed by atoms with Gasteiger partial charge in [0.2, 0.25) is 0 Å². The van der Waals surface area contributed by atoms with Crippen LogP contribution in [0, 0.1) is 6.92 Å². The highest BCUT2D eigenvalue weighted by atomic mass is 127. The van der Waals surface area contributed by atoms with Crippen LogP contribution >= 0.6 is 35.6 Å². The molecule has 0 aliphatic carbocycles. The van der Waals surface area contributed by atoms with Crippen molar-refractivity contribution in [3.05, 3.63) is 34.3 Å². The maximum absolute atomic E-state index is 6.00. The molecule has 0 bridgehead atoms. The molecule has 0 radical (unpaired) electrons. The molecule has 100 valence electrons. The molecule has 1 aliphatic rings. The zero-order valence-corrected chi connectivity index (χ0v) is 13.8. The number of rotatable bonds is 3. The van der Waals surface area contributed by atoms with Crippen LogP contribution in [0.2, 0.25) is 5.02 Å². The zero-order valence-electron chi connectivity index (χ0n) is 10.7. The molecule has 0 atom stereocenters. The summed E-state index contributed by atoms with van der Waals surface area (Å²) in [5, 5.41) is 4.19. The first kappa shape index (κ1) is 15.6. The fraction of sp³-hybridized carbons (Fsp3) is 0.462. The van der Waals surface area contributed by atoms with Gasteiger partial charge in [0.1, 0.15) is 0 Å². The van der Waals surface area contributed by atoms with Gasteiger partial charge in [0.25, 0.3) is 0 Å². The minimum absolute atomic E-state index is 0. The molecule has 1 aliphatic heterocycles. The van der Waals surface area contributed by atoms with E-state index in [1.165, 1.54) is 5.56 Å². The number of hydrogen-bond acceptors (Lipinski definition) is 3. The SMILES string of the molecule is Cc1cc(CCNC2=NCCN2C)ccc1Cl.I. The second-order valence-electron chi connectivity index (χ2n) is 4.39. The number of guanidine groups is 1. The molecule has 0 unspecified atom stereocenters. The molecule has 5 heteroatoms. The van der Waals surface area contributed by atoms with Gasteiger partial charge >= 0.3 is 0 Å². The van der Waals surface area contributed by atoms with Crippen molar-refractivity contribution in [2.45, 2.75) is 13.3 Å². The van der Waals surface area contributed by atoms with Gasteiger partial charge in [0, 0.05) is 25.2 Å². The molecular weight excluding hydrogens is 361 g/mol. The van der Waals surface area contributed by atoms with Crippen LogP contribution in [0.1, 0.15) is 11.1 Å². The lowest BCUT2D eigenvalue weighted by molar-refractivity contribution is 0.534. The van der Waals surface area contributed by atoms with E-state index < -0.39 is 0 Å². The maximum Gasteiger partial charge on any atom is 0.193 e. The second-order valence-corrected chi connectivity index (χ2v) is 4.79. The summed E-state index contributed by atoms with van der Waals surface area (Å²) < 4.78 is 0. The molecule has 0 saturated heterocycles. The number of halogens is 2. The molecule has 18 heavy (non-hydrogen) atoms. The van der Waals surface area contributed by atoms with Crippen molar-refractivity contribution in [3.8, 4) is 0 Å². The number of nitrogens with zero attached hydrogens (tertiary/aromatic N) is 2. The normalized spacial score (nSPS) is 14.2. The summed E-state index contributed by atoms with van der Waals surface area (Å²) in [7, 11) is 2.06. The van der Waals surface area contributed by atoms with E-state index in [9.17, 15) is 0 Å². The summed E-state index contributed by atoms with van der Waals surface area (Å²) in [4.78, 5) is 6.54. The third-order valence-corrected chi connectivity index (χ3v) is 3.40. The van der Waals surface area contributed by atoms with Gasteiger partial charge in [-0.2, -0.15) is 0 Å². The lowest BCUT2D eigenvalue weighted by Gasteiger charge is -2.15. The Morgan fingerprint density at radius 2 is 2.22 bits per heavy atom. The predicted octanol–water partition coefficient (Wildman–Crippen LogP) is 2.70. The third kappa shape index (κ3) is 4.02. The van der Waals surface area contributed by atoms with Gasteiger partial charge in [-0.05, 0) is 30.5 Å². The monoisotopic (exact) mass is 379 g/mol. The minimum Gasteiger partial charge on any atom is -0.356 e. The first-order chi connectivity index (χ1) is 8.16. The Kier molecular flexibility index (Phi) is 6.21. The summed E-state index contributed by atoms with van der Waals surface area (Å²) >= 11 is 6.00. The Bertz CT molecular complexity index is 434. The lowest BCUT2D eigenvalue weighted by Crippen LogP contribution is -2.36. The van der Waals surface area contributed by atoms with Crippen molar-refractivity contribution >= 4 is 41.5 Å². The molecule has 0 aromatic heterocycles. The fourth-order valence-corrected chi connectivity index (χ4v) is 2.02. The predicted molar refractivity (Wildman–Crippen MR) is 88.2 cm³/mol. The topological polar surface area (TPSA) is 27.6 Å². The molecule has 1 N–H and O–H groups in total. The van der Waals surface area contributed by atoms with Crippen LogP contribution in [0.5, 0.6) is 0 Å². The second kappa shape index (κ2) is 7.19. The molecule has 1 aromatic rings. The lowest BCUT2D eigenvalue weighted by atomic mass is 10.1. The van der Waals surface area contributed by atoms with E-state index in [2.05, 4.69) is 34.4 Å². The highest BCUT2D eigenvalue weighted by molar-refractivity contribution is 14.0. The molecule has 1 aromatic carbocycles. The first-order valence-electron chi connectivity index (χ1n) is 5.91. The average Bonchev–Trinajstić information content (AvgIpc) is 2.70. The molecular formula is C13H19ClIN3. The van der Waals surface area contributed by atoms with E-state index in [-0.39, 0.29) is 24.0 Å². The van der Waals surface area contributed by atoms with E-state index in [0.717, 1.165) is 42.6 Å². The number of likely N-dealkylation sites (N-methyl/N-ethyl adjacent to an activating group) is 1. The molecule has 2 rings (SSSR count). The zero-order chi connectivity index (χ0) is 12.3. The Morgan fingerprint density at radius 3 is 2.83 bits per heavy atom. The largest absolute Gasteiger partial charge is 0.356 e. The van der Waals surface area contributed by atoms with Crippen LogP contribution < -0.4 is 5.32 Å². The molecule has 0 spiro atoms. The van der Waals surface area contributed by atoms with E-state index in [4.69, 9.17) is 11.6 Å².